The fraction of sp³-hybridized carbons (Fsp3) is 0.263. The molecule has 0 bridgehead atoms. The number of carbonyl (C=O) groups excluding carboxylic acids is 1. The van der Waals surface area contributed by atoms with Crippen LogP contribution in [0.25, 0.3) is 0 Å². The smallest absolute Gasteiger partial charge is 0.263 e. The standard InChI is InChI=1S/C19H20F3N3O/c1-12(23-2)16(11-26)10-25-18-8-13(3-4-24-18)5-14-6-15(19(21)22)9-17(20)7-14/h3-4,6-12,19,23H,5H2,1-2H3,(H,24,25)/b16-10-. The molecule has 0 aliphatic rings. The molecular formula is C19H20F3N3O. The molecule has 26 heavy (non-hydrogen) atoms. The predicted octanol–water partition coefficient (Wildman–Crippen LogP) is 3.85. The number of benzene rings is 1. The van der Waals surface area contributed by atoms with Crippen molar-refractivity contribution in [2.45, 2.75) is 25.8 Å². The molecule has 0 spiro atoms. The summed E-state index contributed by atoms with van der Waals surface area (Å²) in [5, 5.41) is 5.90. The van der Waals surface area contributed by atoms with Gasteiger partial charge >= 0.3 is 0 Å². The van der Waals surface area contributed by atoms with Crippen LogP contribution in [0.15, 0.2) is 48.3 Å². The van der Waals surface area contributed by atoms with Crippen LogP contribution in [0.4, 0.5) is 19.0 Å². The Hall–Kier alpha value is -2.67. The van der Waals surface area contributed by atoms with Crippen molar-refractivity contribution >= 4 is 12.1 Å². The van der Waals surface area contributed by atoms with Crippen LogP contribution < -0.4 is 10.6 Å². The molecular weight excluding hydrogens is 343 g/mol. The Morgan fingerprint density at radius 3 is 2.65 bits per heavy atom. The van der Waals surface area contributed by atoms with Gasteiger partial charge in [-0.05, 0) is 61.9 Å². The molecule has 4 nitrogen and oxygen atoms in total. The van der Waals surface area contributed by atoms with E-state index in [1.165, 1.54) is 12.1 Å². The zero-order valence-electron chi connectivity index (χ0n) is 14.5. The lowest BCUT2D eigenvalue weighted by Crippen LogP contribution is -2.24. The van der Waals surface area contributed by atoms with Gasteiger partial charge in [0, 0.05) is 29.6 Å². The van der Waals surface area contributed by atoms with Gasteiger partial charge < -0.3 is 10.6 Å². The summed E-state index contributed by atoms with van der Waals surface area (Å²) in [6.45, 7) is 1.84. The van der Waals surface area contributed by atoms with E-state index in [1.54, 1.807) is 31.6 Å². The molecule has 2 aromatic rings. The summed E-state index contributed by atoms with van der Waals surface area (Å²) in [5.41, 5.74) is 1.40. The van der Waals surface area contributed by atoms with Crippen molar-refractivity contribution in [3.63, 3.8) is 0 Å². The molecule has 2 rings (SSSR count). The number of likely N-dealkylation sites (N-methyl/N-ethyl adjacent to an activating group) is 1. The first-order valence-corrected chi connectivity index (χ1v) is 8.04. The lowest BCUT2D eigenvalue weighted by molar-refractivity contribution is -0.105. The quantitative estimate of drug-likeness (QED) is 0.553. The molecule has 1 atom stereocenters. The number of carbonyl (C=O) groups is 1. The first-order chi connectivity index (χ1) is 12.4. The topological polar surface area (TPSA) is 54.0 Å². The number of rotatable bonds is 8. The van der Waals surface area contributed by atoms with Crippen LogP contribution in [0.2, 0.25) is 0 Å². The highest BCUT2D eigenvalue weighted by Crippen LogP contribution is 2.23. The average molecular weight is 363 g/mol. The Labute approximate surface area is 150 Å². The third-order valence-electron chi connectivity index (χ3n) is 3.92. The molecule has 7 heteroatoms. The van der Waals surface area contributed by atoms with E-state index < -0.39 is 12.2 Å². The maximum absolute atomic E-state index is 13.5. The van der Waals surface area contributed by atoms with Crippen LogP contribution in [0.1, 0.15) is 30.0 Å². The number of halogens is 3. The molecule has 138 valence electrons. The number of nitrogens with one attached hydrogen (secondary N) is 2. The molecule has 0 aliphatic heterocycles. The molecule has 1 aromatic carbocycles. The van der Waals surface area contributed by atoms with Crippen molar-refractivity contribution in [2.24, 2.45) is 0 Å². The molecule has 1 aromatic heterocycles. The summed E-state index contributed by atoms with van der Waals surface area (Å²) >= 11 is 0. The normalized spacial score (nSPS) is 12.9. The van der Waals surface area contributed by atoms with Crippen molar-refractivity contribution in [1.82, 2.24) is 10.3 Å². The molecule has 0 aliphatic carbocycles. The number of alkyl halides is 2. The highest BCUT2D eigenvalue weighted by molar-refractivity contribution is 5.75. The Bertz CT molecular complexity index is 793. The minimum atomic E-state index is -2.72. The van der Waals surface area contributed by atoms with Gasteiger partial charge in [0.2, 0.25) is 0 Å². The lowest BCUT2D eigenvalue weighted by Gasteiger charge is -2.10. The first kappa shape index (κ1) is 19.7. The SMILES string of the molecule is CNC(C)/C(C=O)=C\Nc1cc(Cc2cc(F)cc(C(F)F)c2)ccn1. The second-order valence-electron chi connectivity index (χ2n) is 5.84. The average Bonchev–Trinajstić information content (AvgIpc) is 2.61. The fourth-order valence-corrected chi connectivity index (χ4v) is 2.39. The molecule has 0 saturated carbocycles. The molecule has 0 saturated heterocycles. The molecule has 0 fully saturated rings. The summed E-state index contributed by atoms with van der Waals surface area (Å²) in [4.78, 5) is 15.2. The van der Waals surface area contributed by atoms with Crippen molar-refractivity contribution in [3.8, 4) is 0 Å². The zero-order valence-corrected chi connectivity index (χ0v) is 14.5. The van der Waals surface area contributed by atoms with Gasteiger partial charge in [0.15, 0.2) is 0 Å². The maximum atomic E-state index is 13.5. The molecule has 1 heterocycles. The highest BCUT2D eigenvalue weighted by Gasteiger charge is 2.11. The number of hydrogen-bond donors (Lipinski definition) is 2. The van der Waals surface area contributed by atoms with E-state index in [1.807, 2.05) is 6.92 Å². The summed E-state index contributed by atoms with van der Waals surface area (Å²) in [5.74, 6) is -0.194. The van der Waals surface area contributed by atoms with Crippen molar-refractivity contribution in [3.05, 3.63) is 70.8 Å². The number of aromatic nitrogens is 1. The largest absolute Gasteiger partial charge is 0.346 e. The molecule has 0 amide bonds. The van der Waals surface area contributed by atoms with Crippen LogP contribution in [0.5, 0.6) is 0 Å². The minimum absolute atomic E-state index is 0.122. The maximum Gasteiger partial charge on any atom is 0.263 e. The van der Waals surface area contributed by atoms with E-state index in [0.29, 0.717) is 17.0 Å². The number of nitrogens with zero attached hydrogens (tertiary/aromatic N) is 1. The summed E-state index contributed by atoms with van der Waals surface area (Å²) < 4.78 is 39.1. The van der Waals surface area contributed by atoms with Gasteiger partial charge in [-0.1, -0.05) is 0 Å². The predicted molar refractivity (Wildman–Crippen MR) is 94.7 cm³/mol. The van der Waals surface area contributed by atoms with Gasteiger partial charge in [0.1, 0.15) is 17.9 Å². The Morgan fingerprint density at radius 2 is 2.00 bits per heavy atom. The minimum Gasteiger partial charge on any atom is -0.346 e. The molecule has 0 radical (unpaired) electrons. The highest BCUT2D eigenvalue weighted by atomic mass is 19.3. The monoisotopic (exact) mass is 363 g/mol. The molecule has 1 unspecified atom stereocenters. The van der Waals surface area contributed by atoms with Crippen LogP contribution in [0, 0.1) is 5.82 Å². The van der Waals surface area contributed by atoms with Crippen molar-refractivity contribution < 1.29 is 18.0 Å². The Morgan fingerprint density at radius 1 is 1.23 bits per heavy atom. The van der Waals surface area contributed by atoms with Crippen LogP contribution in [-0.2, 0) is 11.2 Å². The lowest BCUT2D eigenvalue weighted by atomic mass is 10.0. The third-order valence-corrected chi connectivity index (χ3v) is 3.92. The molecule has 2 N–H and O–H groups in total. The van der Waals surface area contributed by atoms with E-state index in [9.17, 15) is 18.0 Å². The fourth-order valence-electron chi connectivity index (χ4n) is 2.39. The Kier molecular flexibility index (Phi) is 6.91. The number of pyridine rings is 1. The summed E-state index contributed by atoms with van der Waals surface area (Å²) in [7, 11) is 1.74. The van der Waals surface area contributed by atoms with Gasteiger partial charge in [-0.15, -0.1) is 0 Å². The van der Waals surface area contributed by atoms with Crippen LogP contribution in [-0.4, -0.2) is 24.4 Å². The second-order valence-corrected chi connectivity index (χ2v) is 5.84. The Balaban J connectivity index is 2.17. The van der Waals surface area contributed by atoms with Gasteiger partial charge in [-0.25, -0.2) is 18.2 Å². The van der Waals surface area contributed by atoms with E-state index >= 15 is 0 Å². The van der Waals surface area contributed by atoms with Crippen molar-refractivity contribution in [1.29, 1.82) is 0 Å². The van der Waals surface area contributed by atoms with Gasteiger partial charge in [0.05, 0.1) is 0 Å². The summed E-state index contributed by atoms with van der Waals surface area (Å²) in [6, 6.07) is 6.68. The van der Waals surface area contributed by atoms with E-state index in [0.717, 1.165) is 17.9 Å². The number of hydrogen-bond acceptors (Lipinski definition) is 4. The van der Waals surface area contributed by atoms with Crippen molar-refractivity contribution in [2.75, 3.05) is 12.4 Å². The van der Waals surface area contributed by atoms with E-state index in [2.05, 4.69) is 15.6 Å². The first-order valence-electron chi connectivity index (χ1n) is 8.04. The van der Waals surface area contributed by atoms with Gasteiger partial charge in [-0.3, -0.25) is 4.79 Å². The van der Waals surface area contributed by atoms with E-state index in [-0.39, 0.29) is 18.0 Å². The summed E-state index contributed by atoms with van der Waals surface area (Å²) in [6.07, 6.45) is 1.42. The third kappa shape index (κ3) is 5.42. The number of anilines is 1. The van der Waals surface area contributed by atoms with Gasteiger partial charge in [-0.2, -0.15) is 0 Å². The van der Waals surface area contributed by atoms with Gasteiger partial charge in [0.25, 0.3) is 6.43 Å². The van der Waals surface area contributed by atoms with Crippen LogP contribution >= 0.6 is 0 Å². The van der Waals surface area contributed by atoms with E-state index in [4.69, 9.17) is 0 Å². The second kappa shape index (κ2) is 9.15. The zero-order chi connectivity index (χ0) is 19.1. The number of aldehydes is 1. The van der Waals surface area contributed by atoms with Crippen LogP contribution in [0.3, 0.4) is 0 Å².